The second kappa shape index (κ2) is 8.60. The van der Waals surface area contributed by atoms with Gasteiger partial charge in [0.15, 0.2) is 0 Å². The fourth-order valence-electron chi connectivity index (χ4n) is 5.27. The van der Waals surface area contributed by atoms with Gasteiger partial charge in [0.25, 0.3) is 5.91 Å². The molecule has 0 atom stereocenters. The van der Waals surface area contributed by atoms with E-state index in [0.29, 0.717) is 36.3 Å². The summed E-state index contributed by atoms with van der Waals surface area (Å²) in [6.07, 6.45) is 10.1. The molecule has 2 saturated heterocycles. The predicted octanol–water partition coefficient (Wildman–Crippen LogP) is 4.04. The van der Waals surface area contributed by atoms with Crippen molar-refractivity contribution >= 4 is 11.8 Å². The minimum atomic E-state index is 0.0408. The van der Waals surface area contributed by atoms with Crippen molar-refractivity contribution in [2.75, 3.05) is 26.2 Å². The van der Waals surface area contributed by atoms with Crippen LogP contribution < -0.4 is 4.74 Å². The van der Waals surface area contributed by atoms with E-state index in [4.69, 9.17) is 4.74 Å². The van der Waals surface area contributed by atoms with Crippen LogP contribution in [0.4, 0.5) is 0 Å². The van der Waals surface area contributed by atoms with E-state index in [-0.39, 0.29) is 11.3 Å². The highest BCUT2D eigenvalue weighted by Crippen LogP contribution is 2.42. The van der Waals surface area contributed by atoms with Crippen LogP contribution >= 0.6 is 0 Å². The van der Waals surface area contributed by atoms with Gasteiger partial charge in [-0.2, -0.15) is 0 Å². The largest absolute Gasteiger partial charge is 0.489 e. The Bertz CT molecular complexity index is 761. The maximum absolute atomic E-state index is 13.1. The van der Waals surface area contributed by atoms with Crippen molar-refractivity contribution in [3.05, 3.63) is 42.5 Å². The van der Waals surface area contributed by atoms with Crippen molar-refractivity contribution in [1.29, 1.82) is 0 Å². The first-order valence-electron chi connectivity index (χ1n) is 11.0. The monoisotopic (exact) mass is 396 g/mol. The van der Waals surface area contributed by atoms with Crippen LogP contribution in [0.2, 0.25) is 0 Å². The van der Waals surface area contributed by atoms with Crippen molar-refractivity contribution in [2.45, 2.75) is 57.4 Å². The van der Waals surface area contributed by atoms with Gasteiger partial charge < -0.3 is 14.5 Å². The number of hydrogen-bond donors (Lipinski definition) is 0. The molecule has 3 fully saturated rings. The summed E-state index contributed by atoms with van der Waals surface area (Å²) in [5.41, 5.74) is 0.809. The zero-order valence-corrected chi connectivity index (χ0v) is 17.3. The molecular formula is C24H32N2O3. The van der Waals surface area contributed by atoms with Crippen LogP contribution in [0.1, 0.15) is 61.7 Å². The van der Waals surface area contributed by atoms with Crippen LogP contribution in [0.3, 0.4) is 0 Å². The predicted molar refractivity (Wildman–Crippen MR) is 113 cm³/mol. The van der Waals surface area contributed by atoms with Gasteiger partial charge in [0.1, 0.15) is 12.4 Å². The highest BCUT2D eigenvalue weighted by Gasteiger charge is 2.44. The summed E-state index contributed by atoms with van der Waals surface area (Å²) in [4.78, 5) is 29.8. The third kappa shape index (κ3) is 4.19. The Morgan fingerprint density at radius 3 is 2.62 bits per heavy atom. The van der Waals surface area contributed by atoms with Gasteiger partial charge in [-0.3, -0.25) is 9.59 Å². The molecule has 2 heterocycles. The fraction of sp³-hybridized carbons (Fsp3) is 0.583. The second-order valence-electron chi connectivity index (χ2n) is 8.85. The molecule has 3 aliphatic rings. The zero-order chi connectivity index (χ0) is 20.3. The Hall–Kier alpha value is -2.30. The molecule has 2 aliphatic heterocycles. The normalized spacial score (nSPS) is 22.1. The number of ether oxygens (including phenoxy) is 1. The molecule has 1 aromatic carbocycles. The highest BCUT2D eigenvalue weighted by atomic mass is 16.5. The lowest BCUT2D eigenvalue weighted by Gasteiger charge is -2.49. The summed E-state index contributed by atoms with van der Waals surface area (Å²) >= 11 is 0. The fourth-order valence-corrected chi connectivity index (χ4v) is 5.27. The number of amides is 2. The number of nitrogens with zero attached hydrogens (tertiary/aromatic N) is 2. The van der Waals surface area contributed by atoms with E-state index in [1.165, 1.54) is 12.8 Å². The van der Waals surface area contributed by atoms with Crippen LogP contribution in [0.5, 0.6) is 5.75 Å². The molecule has 5 nitrogen and oxygen atoms in total. The van der Waals surface area contributed by atoms with E-state index in [9.17, 15) is 9.59 Å². The van der Waals surface area contributed by atoms with Crippen molar-refractivity contribution < 1.29 is 14.3 Å². The molecule has 0 bridgehead atoms. The number of likely N-dealkylation sites (tertiary alicyclic amines) is 2. The molecule has 0 N–H and O–H groups in total. The van der Waals surface area contributed by atoms with Gasteiger partial charge in [-0.25, -0.2) is 0 Å². The van der Waals surface area contributed by atoms with Crippen molar-refractivity contribution in [2.24, 2.45) is 5.41 Å². The zero-order valence-electron chi connectivity index (χ0n) is 17.3. The van der Waals surface area contributed by atoms with Gasteiger partial charge in [-0.05, 0) is 49.7 Å². The number of rotatable bonds is 5. The van der Waals surface area contributed by atoms with Gasteiger partial charge in [0.05, 0.1) is 5.56 Å². The van der Waals surface area contributed by atoms with Crippen molar-refractivity contribution in [1.82, 2.24) is 9.80 Å². The maximum atomic E-state index is 13.1. The SMILES string of the molecule is C=CCOc1ccccc1C(=O)N1CCC2(CCC(=O)N(C3CCCC3)C2)CC1. The van der Waals surface area contributed by atoms with Gasteiger partial charge in [-0.1, -0.05) is 37.6 Å². The third-order valence-electron chi connectivity index (χ3n) is 7.05. The summed E-state index contributed by atoms with van der Waals surface area (Å²) in [5, 5.41) is 0. The minimum absolute atomic E-state index is 0.0408. The van der Waals surface area contributed by atoms with Gasteiger partial charge in [-0.15, -0.1) is 0 Å². The Morgan fingerprint density at radius 2 is 1.90 bits per heavy atom. The van der Waals surface area contributed by atoms with Crippen LogP contribution in [-0.4, -0.2) is 53.9 Å². The van der Waals surface area contributed by atoms with Gasteiger partial charge in [0, 0.05) is 32.1 Å². The van der Waals surface area contributed by atoms with E-state index in [1.54, 1.807) is 6.08 Å². The minimum Gasteiger partial charge on any atom is -0.489 e. The summed E-state index contributed by atoms with van der Waals surface area (Å²) in [5.74, 6) is 1.00. The average Bonchev–Trinajstić information content (AvgIpc) is 3.29. The molecule has 0 unspecified atom stereocenters. The number of para-hydroxylation sites is 1. The number of hydrogen-bond acceptors (Lipinski definition) is 3. The standard InChI is InChI=1S/C24H32N2O3/c1-2-17-29-21-10-6-5-9-20(21)23(28)25-15-13-24(14-16-25)12-11-22(27)26(18-24)19-7-3-4-8-19/h2,5-6,9-10,19H,1,3-4,7-8,11-18H2. The molecule has 1 saturated carbocycles. The van der Waals surface area contributed by atoms with E-state index >= 15 is 0 Å². The molecule has 1 aromatic rings. The molecule has 156 valence electrons. The van der Waals surface area contributed by atoms with E-state index < -0.39 is 0 Å². The Kier molecular flexibility index (Phi) is 5.93. The van der Waals surface area contributed by atoms with E-state index in [0.717, 1.165) is 51.7 Å². The lowest BCUT2D eigenvalue weighted by Crippen LogP contribution is -2.54. The molecule has 5 heteroatoms. The van der Waals surface area contributed by atoms with E-state index in [1.807, 2.05) is 29.2 Å². The topological polar surface area (TPSA) is 49.9 Å². The third-order valence-corrected chi connectivity index (χ3v) is 7.05. The van der Waals surface area contributed by atoms with Gasteiger partial charge >= 0.3 is 0 Å². The average molecular weight is 397 g/mol. The van der Waals surface area contributed by atoms with Crippen molar-refractivity contribution in [3.63, 3.8) is 0 Å². The number of benzene rings is 1. The lowest BCUT2D eigenvalue weighted by molar-refractivity contribution is -0.142. The molecule has 1 spiro atoms. The van der Waals surface area contributed by atoms with Crippen LogP contribution in [-0.2, 0) is 4.79 Å². The van der Waals surface area contributed by atoms with Crippen LogP contribution in [0.25, 0.3) is 0 Å². The molecule has 2 amide bonds. The molecule has 0 aromatic heterocycles. The lowest BCUT2D eigenvalue weighted by atomic mass is 9.72. The summed E-state index contributed by atoms with van der Waals surface area (Å²) in [6, 6.07) is 7.90. The first-order valence-corrected chi connectivity index (χ1v) is 11.0. The van der Waals surface area contributed by atoms with Gasteiger partial charge in [0.2, 0.25) is 5.91 Å². The second-order valence-corrected chi connectivity index (χ2v) is 8.85. The highest BCUT2D eigenvalue weighted by molar-refractivity contribution is 5.97. The Balaban J connectivity index is 1.41. The van der Waals surface area contributed by atoms with Crippen molar-refractivity contribution in [3.8, 4) is 5.75 Å². The molecule has 29 heavy (non-hydrogen) atoms. The Morgan fingerprint density at radius 1 is 1.17 bits per heavy atom. The molecule has 0 radical (unpaired) electrons. The number of carbonyl (C=O) groups is 2. The molecule has 4 rings (SSSR count). The number of carbonyl (C=O) groups excluding carboxylic acids is 2. The molecule has 1 aliphatic carbocycles. The first-order chi connectivity index (χ1) is 14.1. The molecular weight excluding hydrogens is 364 g/mol. The summed E-state index contributed by atoms with van der Waals surface area (Å²) in [6.45, 7) is 6.46. The maximum Gasteiger partial charge on any atom is 0.257 e. The smallest absolute Gasteiger partial charge is 0.257 e. The Labute approximate surface area is 173 Å². The summed E-state index contributed by atoms with van der Waals surface area (Å²) < 4.78 is 5.68. The van der Waals surface area contributed by atoms with Crippen LogP contribution in [0.15, 0.2) is 36.9 Å². The number of piperidine rings is 2. The quantitative estimate of drug-likeness (QED) is 0.706. The summed E-state index contributed by atoms with van der Waals surface area (Å²) in [7, 11) is 0. The first kappa shape index (κ1) is 20.0. The van der Waals surface area contributed by atoms with E-state index in [2.05, 4.69) is 11.5 Å². The van der Waals surface area contributed by atoms with Crippen LogP contribution in [0, 0.1) is 5.41 Å².